The average molecular weight is 372 g/mol. The molecule has 2 N–H and O–H groups in total. The zero-order valence-electron chi connectivity index (χ0n) is 15.8. The molecule has 0 heterocycles. The lowest BCUT2D eigenvalue weighted by atomic mass is 9.90. The van der Waals surface area contributed by atoms with Crippen LogP contribution in [0.1, 0.15) is 38.3 Å². The fourth-order valence-corrected chi connectivity index (χ4v) is 3.11. The van der Waals surface area contributed by atoms with E-state index in [-0.39, 0.29) is 17.0 Å². The van der Waals surface area contributed by atoms with Crippen LogP contribution in [0, 0.1) is 18.2 Å². The van der Waals surface area contributed by atoms with Crippen LogP contribution in [-0.4, -0.2) is 39.5 Å². The highest BCUT2D eigenvalue weighted by Crippen LogP contribution is 2.19. The first-order chi connectivity index (χ1) is 11.5. The number of aryl methyl sites for hydroxylation is 1. The molecule has 0 aliphatic carbocycles. The topological polar surface area (TPSA) is 70.6 Å². The molecule has 0 aliphatic heterocycles. The minimum absolute atomic E-state index is 0.171. The molecule has 0 fully saturated rings. The molecule has 0 aromatic heterocycles. The summed E-state index contributed by atoms with van der Waals surface area (Å²) >= 11 is 0. The second-order valence-corrected chi connectivity index (χ2v) is 9.44. The van der Waals surface area contributed by atoms with Gasteiger partial charge >= 0.3 is 0 Å². The van der Waals surface area contributed by atoms with Crippen molar-refractivity contribution < 1.29 is 12.8 Å². The van der Waals surface area contributed by atoms with Crippen LogP contribution >= 0.6 is 0 Å². The highest BCUT2D eigenvalue weighted by molar-refractivity contribution is 7.90. The molecule has 0 unspecified atom stereocenters. The van der Waals surface area contributed by atoms with E-state index >= 15 is 0 Å². The minimum atomic E-state index is -2.96. The van der Waals surface area contributed by atoms with Gasteiger partial charge in [-0.05, 0) is 42.9 Å². The van der Waals surface area contributed by atoms with Gasteiger partial charge in [0.1, 0.15) is 15.7 Å². The highest BCUT2D eigenvalue weighted by Gasteiger charge is 2.20. The van der Waals surface area contributed by atoms with E-state index < -0.39 is 9.84 Å². The SMILES string of the molecule is CCNC(=NCc1ccc(F)c(C)c1)NCC(C)(C)CCS(C)(=O)=O. The number of guanidine groups is 1. The molecule has 25 heavy (non-hydrogen) atoms. The molecule has 7 heteroatoms. The van der Waals surface area contributed by atoms with Gasteiger partial charge in [-0.1, -0.05) is 26.0 Å². The van der Waals surface area contributed by atoms with Crippen molar-refractivity contribution in [1.82, 2.24) is 10.6 Å². The summed E-state index contributed by atoms with van der Waals surface area (Å²) in [4.78, 5) is 4.52. The quantitative estimate of drug-likeness (QED) is 0.544. The largest absolute Gasteiger partial charge is 0.357 e. The third-order valence-corrected chi connectivity index (χ3v) is 4.82. The molecule has 0 saturated carbocycles. The van der Waals surface area contributed by atoms with Gasteiger partial charge in [-0.2, -0.15) is 0 Å². The summed E-state index contributed by atoms with van der Waals surface area (Å²) in [5.41, 5.74) is 1.37. The van der Waals surface area contributed by atoms with E-state index in [1.54, 1.807) is 19.1 Å². The minimum Gasteiger partial charge on any atom is -0.357 e. The standard InChI is InChI=1S/C18H30FN3O2S/c1-6-20-17(21-12-15-7-8-16(19)14(2)11-15)22-13-18(3,4)9-10-25(5,23)24/h7-8,11H,6,9-10,12-13H2,1-5H3,(H2,20,21,22). The second-order valence-electron chi connectivity index (χ2n) is 7.18. The fourth-order valence-electron chi connectivity index (χ4n) is 2.19. The van der Waals surface area contributed by atoms with Crippen LogP contribution in [0.5, 0.6) is 0 Å². The van der Waals surface area contributed by atoms with Crippen molar-refractivity contribution in [1.29, 1.82) is 0 Å². The second kappa shape index (κ2) is 9.17. The van der Waals surface area contributed by atoms with E-state index in [0.29, 0.717) is 31.0 Å². The number of hydrogen-bond acceptors (Lipinski definition) is 3. The molecule has 1 aromatic rings. The van der Waals surface area contributed by atoms with Crippen LogP contribution in [0.2, 0.25) is 0 Å². The first kappa shape index (κ1) is 21.4. The molecule has 5 nitrogen and oxygen atoms in total. The number of nitrogens with zero attached hydrogens (tertiary/aromatic N) is 1. The first-order valence-corrected chi connectivity index (χ1v) is 10.5. The Kier molecular flexibility index (Phi) is 7.86. The molecule has 0 bridgehead atoms. The van der Waals surface area contributed by atoms with Crippen LogP contribution in [0.25, 0.3) is 0 Å². The van der Waals surface area contributed by atoms with E-state index in [9.17, 15) is 12.8 Å². The lowest BCUT2D eigenvalue weighted by Gasteiger charge is -2.25. The lowest BCUT2D eigenvalue weighted by Crippen LogP contribution is -2.42. The molecular formula is C18H30FN3O2S. The predicted molar refractivity (Wildman–Crippen MR) is 102 cm³/mol. The van der Waals surface area contributed by atoms with Gasteiger partial charge in [0.05, 0.1) is 12.3 Å². The van der Waals surface area contributed by atoms with Crippen LogP contribution in [0.3, 0.4) is 0 Å². The van der Waals surface area contributed by atoms with Gasteiger partial charge in [-0.3, -0.25) is 0 Å². The smallest absolute Gasteiger partial charge is 0.191 e. The Labute approximate surface area is 151 Å². The summed E-state index contributed by atoms with van der Waals surface area (Å²) < 4.78 is 36.0. The first-order valence-electron chi connectivity index (χ1n) is 8.47. The average Bonchev–Trinajstić information content (AvgIpc) is 2.51. The Bertz CT molecular complexity index is 700. The monoisotopic (exact) mass is 371 g/mol. The van der Waals surface area contributed by atoms with Crippen molar-refractivity contribution >= 4 is 15.8 Å². The van der Waals surface area contributed by atoms with Gasteiger partial charge in [0.2, 0.25) is 0 Å². The summed E-state index contributed by atoms with van der Waals surface area (Å²) in [6.07, 6.45) is 1.84. The van der Waals surface area contributed by atoms with Crippen molar-refractivity contribution in [2.75, 3.05) is 25.1 Å². The number of nitrogens with one attached hydrogen (secondary N) is 2. The zero-order chi connectivity index (χ0) is 19.1. The Morgan fingerprint density at radius 2 is 1.96 bits per heavy atom. The molecule has 0 atom stereocenters. The summed E-state index contributed by atoms with van der Waals surface area (Å²) in [6, 6.07) is 4.97. The molecule has 0 radical (unpaired) electrons. The van der Waals surface area contributed by atoms with Gasteiger partial charge < -0.3 is 10.6 Å². The summed E-state index contributed by atoms with van der Waals surface area (Å²) in [7, 11) is -2.96. The Hall–Kier alpha value is -1.63. The number of sulfone groups is 1. The third-order valence-electron chi connectivity index (χ3n) is 3.87. The van der Waals surface area contributed by atoms with Crippen molar-refractivity contribution in [3.63, 3.8) is 0 Å². The van der Waals surface area contributed by atoms with Gasteiger partial charge in [0, 0.05) is 19.3 Å². The van der Waals surface area contributed by atoms with Crippen molar-refractivity contribution in [3.8, 4) is 0 Å². The molecule has 1 aromatic carbocycles. The summed E-state index contributed by atoms with van der Waals surface area (Å²) in [5, 5.41) is 6.43. The number of benzene rings is 1. The molecule has 0 aliphatic rings. The van der Waals surface area contributed by atoms with Crippen LogP contribution in [-0.2, 0) is 16.4 Å². The van der Waals surface area contributed by atoms with Crippen molar-refractivity contribution in [2.45, 2.75) is 40.7 Å². The molecule has 0 amide bonds. The normalized spacial score (nSPS) is 13.0. The maximum atomic E-state index is 13.3. The van der Waals surface area contributed by atoms with E-state index in [2.05, 4.69) is 15.6 Å². The fraction of sp³-hybridized carbons (Fsp3) is 0.611. The molecular weight excluding hydrogens is 341 g/mol. The van der Waals surface area contributed by atoms with Crippen LogP contribution in [0.4, 0.5) is 4.39 Å². The lowest BCUT2D eigenvalue weighted by molar-refractivity contribution is 0.348. The van der Waals surface area contributed by atoms with Crippen LogP contribution in [0.15, 0.2) is 23.2 Å². The number of halogens is 1. The van der Waals surface area contributed by atoms with E-state index in [1.807, 2.05) is 20.8 Å². The Morgan fingerprint density at radius 3 is 2.52 bits per heavy atom. The molecule has 142 valence electrons. The zero-order valence-corrected chi connectivity index (χ0v) is 16.6. The molecule has 0 saturated heterocycles. The van der Waals surface area contributed by atoms with Gasteiger partial charge in [-0.15, -0.1) is 0 Å². The van der Waals surface area contributed by atoms with Crippen LogP contribution < -0.4 is 10.6 Å². The highest BCUT2D eigenvalue weighted by atomic mass is 32.2. The number of hydrogen-bond donors (Lipinski definition) is 2. The van der Waals surface area contributed by atoms with Gasteiger partial charge in [-0.25, -0.2) is 17.8 Å². The molecule has 0 spiro atoms. The van der Waals surface area contributed by atoms with E-state index in [0.717, 1.165) is 12.1 Å². The third kappa shape index (κ3) is 8.86. The summed E-state index contributed by atoms with van der Waals surface area (Å²) in [5.74, 6) is 0.617. The van der Waals surface area contributed by atoms with Crippen molar-refractivity contribution in [2.24, 2.45) is 10.4 Å². The van der Waals surface area contributed by atoms with E-state index in [1.165, 1.54) is 12.3 Å². The molecule has 1 rings (SSSR count). The number of aliphatic imine (C=N–C) groups is 1. The van der Waals surface area contributed by atoms with Gasteiger partial charge in [0.15, 0.2) is 5.96 Å². The maximum absolute atomic E-state index is 13.3. The van der Waals surface area contributed by atoms with Crippen molar-refractivity contribution in [3.05, 3.63) is 35.1 Å². The van der Waals surface area contributed by atoms with E-state index in [4.69, 9.17) is 0 Å². The maximum Gasteiger partial charge on any atom is 0.191 e. The number of rotatable bonds is 8. The summed E-state index contributed by atoms with van der Waals surface area (Å²) in [6.45, 7) is 9.54. The van der Waals surface area contributed by atoms with Gasteiger partial charge in [0.25, 0.3) is 0 Å². The Balaban J connectivity index is 2.67. The Morgan fingerprint density at radius 1 is 1.28 bits per heavy atom. The predicted octanol–water partition coefficient (Wildman–Crippen LogP) is 2.65.